The number of halogens is 1. The summed E-state index contributed by atoms with van der Waals surface area (Å²) in [6, 6.07) is 0. The molecular weight excluding hydrogens is 197 g/mol. The summed E-state index contributed by atoms with van der Waals surface area (Å²) in [4.78, 5) is 3.76. The maximum absolute atomic E-state index is 13.1. The minimum Gasteiger partial charge on any atom is -0.490 e. The molecule has 0 aliphatic rings. The third-order valence-corrected chi connectivity index (χ3v) is 1.66. The Kier molecular flexibility index (Phi) is 6.42. The van der Waals surface area contributed by atoms with Crippen molar-refractivity contribution in [3.8, 4) is 11.6 Å². The molecule has 0 atom stereocenters. The van der Waals surface area contributed by atoms with E-state index in [1.807, 2.05) is 13.8 Å². The first kappa shape index (κ1) is 13.7. The van der Waals surface area contributed by atoms with E-state index in [1.54, 1.807) is 13.8 Å². The summed E-state index contributed by atoms with van der Waals surface area (Å²) in [7, 11) is 1.49. The van der Waals surface area contributed by atoms with Crippen LogP contribution in [0.3, 0.4) is 0 Å². The Bertz CT molecular complexity index is 303. The number of rotatable bonds is 3. The van der Waals surface area contributed by atoms with Gasteiger partial charge in [0.2, 0.25) is 5.88 Å². The highest BCUT2D eigenvalue weighted by Gasteiger charge is 2.12. The molecule has 86 valence electrons. The zero-order chi connectivity index (χ0) is 11.8. The lowest BCUT2D eigenvalue weighted by Gasteiger charge is -2.10. The van der Waals surface area contributed by atoms with E-state index in [2.05, 4.69) is 4.98 Å². The van der Waals surface area contributed by atoms with E-state index in [4.69, 9.17) is 9.47 Å². The molecule has 4 heteroatoms. The van der Waals surface area contributed by atoms with Crippen LogP contribution in [0.5, 0.6) is 11.6 Å². The normalized spacial score (nSPS) is 8.93. The zero-order valence-electron chi connectivity index (χ0n) is 9.93. The smallest absolute Gasteiger partial charge is 0.219 e. The molecule has 0 aliphatic heterocycles. The second-order valence-corrected chi connectivity index (χ2v) is 2.50. The van der Waals surface area contributed by atoms with Crippen LogP contribution in [0.2, 0.25) is 0 Å². The molecule has 0 aliphatic carbocycles. The van der Waals surface area contributed by atoms with E-state index in [0.717, 1.165) is 6.20 Å². The first-order chi connectivity index (χ1) is 7.20. The highest BCUT2D eigenvalue weighted by molar-refractivity contribution is 5.39. The van der Waals surface area contributed by atoms with Crippen molar-refractivity contribution in [2.75, 3.05) is 13.7 Å². The molecule has 1 aromatic rings. The summed E-state index contributed by atoms with van der Waals surface area (Å²) in [6.07, 6.45) is 1.09. The fraction of sp³-hybridized carbons (Fsp3) is 0.545. The van der Waals surface area contributed by atoms with E-state index in [9.17, 15) is 4.39 Å². The molecular formula is C11H18FNO2. The van der Waals surface area contributed by atoms with Crippen LogP contribution in [0.1, 0.15) is 26.3 Å². The van der Waals surface area contributed by atoms with Crippen LogP contribution in [0.4, 0.5) is 4.39 Å². The first-order valence-corrected chi connectivity index (χ1v) is 5.02. The molecule has 0 fully saturated rings. The van der Waals surface area contributed by atoms with Crippen molar-refractivity contribution in [2.45, 2.75) is 27.7 Å². The molecule has 0 N–H and O–H groups in total. The standard InChI is InChI=1S/C9H12FNO2.C2H6/c1-4-13-8-6(2)9(12-3)11-5-7(8)10;1-2/h5H,4H2,1-3H3;1-2H3. The maximum Gasteiger partial charge on any atom is 0.219 e. The van der Waals surface area contributed by atoms with Crippen molar-refractivity contribution in [1.29, 1.82) is 0 Å². The molecule has 0 unspecified atom stereocenters. The number of hydrogen-bond donors (Lipinski definition) is 0. The van der Waals surface area contributed by atoms with Gasteiger partial charge in [-0.25, -0.2) is 9.37 Å². The number of aromatic nitrogens is 1. The lowest BCUT2D eigenvalue weighted by Crippen LogP contribution is -2.01. The molecule has 0 amide bonds. The van der Waals surface area contributed by atoms with Gasteiger partial charge in [0.15, 0.2) is 11.6 Å². The second-order valence-electron chi connectivity index (χ2n) is 2.50. The zero-order valence-corrected chi connectivity index (χ0v) is 9.93. The fourth-order valence-electron chi connectivity index (χ4n) is 1.07. The Balaban J connectivity index is 0.000000921. The summed E-state index contributed by atoms with van der Waals surface area (Å²) in [5, 5.41) is 0. The second kappa shape index (κ2) is 7.04. The molecule has 1 aromatic heterocycles. The average Bonchev–Trinajstić information content (AvgIpc) is 2.27. The van der Waals surface area contributed by atoms with Crippen molar-refractivity contribution in [1.82, 2.24) is 4.98 Å². The molecule has 0 bridgehead atoms. The van der Waals surface area contributed by atoms with Gasteiger partial charge in [0, 0.05) is 0 Å². The number of nitrogens with zero attached hydrogens (tertiary/aromatic N) is 1. The molecule has 0 saturated carbocycles. The number of pyridine rings is 1. The molecule has 0 radical (unpaired) electrons. The summed E-state index contributed by atoms with van der Waals surface area (Å²) in [5.41, 5.74) is 0.587. The predicted molar refractivity (Wildman–Crippen MR) is 58.0 cm³/mol. The van der Waals surface area contributed by atoms with Crippen LogP contribution in [-0.4, -0.2) is 18.7 Å². The average molecular weight is 215 g/mol. The third kappa shape index (κ3) is 3.38. The lowest BCUT2D eigenvalue weighted by molar-refractivity contribution is 0.311. The van der Waals surface area contributed by atoms with Crippen LogP contribution in [0, 0.1) is 12.7 Å². The number of hydrogen-bond acceptors (Lipinski definition) is 3. The van der Waals surface area contributed by atoms with Crippen molar-refractivity contribution >= 4 is 0 Å². The maximum atomic E-state index is 13.1. The van der Waals surface area contributed by atoms with Gasteiger partial charge in [-0.3, -0.25) is 0 Å². The summed E-state index contributed by atoms with van der Waals surface area (Å²) >= 11 is 0. The SMILES string of the molecule is CC.CCOc1c(F)cnc(OC)c1C. The summed E-state index contributed by atoms with van der Waals surface area (Å²) in [5.74, 6) is 0.152. The quantitative estimate of drug-likeness (QED) is 0.776. The van der Waals surface area contributed by atoms with Gasteiger partial charge in [-0.1, -0.05) is 13.8 Å². The predicted octanol–water partition coefficient (Wildman–Crippen LogP) is 2.96. The Morgan fingerprint density at radius 2 is 2.00 bits per heavy atom. The number of ether oxygens (including phenoxy) is 2. The van der Waals surface area contributed by atoms with E-state index in [0.29, 0.717) is 18.1 Å². The highest BCUT2D eigenvalue weighted by Crippen LogP contribution is 2.27. The van der Waals surface area contributed by atoms with Gasteiger partial charge < -0.3 is 9.47 Å². The Morgan fingerprint density at radius 1 is 1.40 bits per heavy atom. The first-order valence-electron chi connectivity index (χ1n) is 5.02. The largest absolute Gasteiger partial charge is 0.490 e. The highest BCUT2D eigenvalue weighted by atomic mass is 19.1. The summed E-state index contributed by atoms with van der Waals surface area (Å²) in [6.45, 7) is 7.93. The van der Waals surface area contributed by atoms with E-state index in [1.165, 1.54) is 7.11 Å². The molecule has 1 heterocycles. The lowest BCUT2D eigenvalue weighted by atomic mass is 10.2. The van der Waals surface area contributed by atoms with Crippen molar-refractivity contribution in [2.24, 2.45) is 0 Å². The van der Waals surface area contributed by atoms with Crippen LogP contribution in [-0.2, 0) is 0 Å². The van der Waals surface area contributed by atoms with Gasteiger partial charge in [-0.05, 0) is 13.8 Å². The van der Waals surface area contributed by atoms with Gasteiger partial charge >= 0.3 is 0 Å². The van der Waals surface area contributed by atoms with E-state index in [-0.39, 0.29) is 5.75 Å². The van der Waals surface area contributed by atoms with Gasteiger partial charge in [-0.15, -0.1) is 0 Å². The minimum absolute atomic E-state index is 0.217. The molecule has 0 aromatic carbocycles. The molecule has 0 spiro atoms. The summed E-state index contributed by atoms with van der Waals surface area (Å²) < 4.78 is 23.2. The Hall–Kier alpha value is -1.32. The minimum atomic E-state index is -0.458. The van der Waals surface area contributed by atoms with Crippen LogP contribution < -0.4 is 9.47 Å². The van der Waals surface area contributed by atoms with Gasteiger partial charge in [0.05, 0.1) is 25.5 Å². The van der Waals surface area contributed by atoms with E-state index >= 15 is 0 Å². The fourth-order valence-corrected chi connectivity index (χ4v) is 1.07. The van der Waals surface area contributed by atoms with Crippen molar-refractivity contribution < 1.29 is 13.9 Å². The van der Waals surface area contributed by atoms with Crippen molar-refractivity contribution in [3.05, 3.63) is 17.6 Å². The van der Waals surface area contributed by atoms with Gasteiger partial charge in [-0.2, -0.15) is 0 Å². The van der Waals surface area contributed by atoms with E-state index < -0.39 is 5.82 Å². The van der Waals surface area contributed by atoms with Gasteiger partial charge in [0.25, 0.3) is 0 Å². The van der Waals surface area contributed by atoms with Crippen LogP contribution in [0.25, 0.3) is 0 Å². The molecule has 15 heavy (non-hydrogen) atoms. The molecule has 3 nitrogen and oxygen atoms in total. The molecule has 0 saturated heterocycles. The van der Waals surface area contributed by atoms with Gasteiger partial charge in [0.1, 0.15) is 0 Å². The topological polar surface area (TPSA) is 31.4 Å². The van der Waals surface area contributed by atoms with Crippen LogP contribution in [0.15, 0.2) is 6.20 Å². The number of methoxy groups -OCH3 is 1. The molecule has 1 rings (SSSR count). The Morgan fingerprint density at radius 3 is 2.47 bits per heavy atom. The Labute approximate surface area is 90.2 Å². The third-order valence-electron chi connectivity index (χ3n) is 1.66. The monoisotopic (exact) mass is 215 g/mol. The van der Waals surface area contributed by atoms with Crippen molar-refractivity contribution in [3.63, 3.8) is 0 Å². The van der Waals surface area contributed by atoms with Crippen LogP contribution >= 0.6 is 0 Å².